The van der Waals surface area contributed by atoms with Crippen molar-refractivity contribution in [2.75, 3.05) is 12.3 Å². The van der Waals surface area contributed by atoms with Crippen molar-refractivity contribution in [2.45, 2.75) is 19.8 Å². The molecule has 80 valence electrons. The third-order valence-electron chi connectivity index (χ3n) is 1.74. The molecule has 0 aliphatic heterocycles. The van der Waals surface area contributed by atoms with Gasteiger partial charge in [0.1, 0.15) is 0 Å². The molecule has 0 aliphatic carbocycles. The second-order valence-corrected chi connectivity index (χ2v) is 4.97. The van der Waals surface area contributed by atoms with Gasteiger partial charge in [-0.1, -0.05) is 6.92 Å². The first-order valence-corrected chi connectivity index (χ1v) is 6.24. The highest BCUT2D eigenvalue weighted by atomic mass is 32.2. The van der Waals surface area contributed by atoms with Gasteiger partial charge in [0.15, 0.2) is 0 Å². The Hall–Kier alpha value is -0.880. The average molecular weight is 217 g/mol. The summed E-state index contributed by atoms with van der Waals surface area (Å²) in [6.07, 6.45) is 4.55. The van der Waals surface area contributed by atoms with Gasteiger partial charge in [-0.25, -0.2) is 18.1 Å². The Morgan fingerprint density at radius 2 is 2.36 bits per heavy atom. The van der Waals surface area contributed by atoms with Crippen LogP contribution in [-0.4, -0.2) is 30.7 Å². The number of hydrogen-bond donors (Lipinski definition) is 2. The summed E-state index contributed by atoms with van der Waals surface area (Å²) in [6, 6.07) is 0. The minimum atomic E-state index is -3.07. The van der Waals surface area contributed by atoms with Crippen molar-refractivity contribution in [3.8, 4) is 0 Å². The van der Waals surface area contributed by atoms with Crippen molar-refractivity contribution in [2.24, 2.45) is 0 Å². The zero-order chi connectivity index (χ0) is 10.4. The molecule has 0 spiro atoms. The molecule has 0 radical (unpaired) electrons. The van der Waals surface area contributed by atoms with Crippen molar-refractivity contribution in [3.05, 3.63) is 18.2 Å². The summed E-state index contributed by atoms with van der Waals surface area (Å²) in [7, 11) is -3.07. The van der Waals surface area contributed by atoms with Crippen LogP contribution in [0.4, 0.5) is 0 Å². The summed E-state index contributed by atoms with van der Waals surface area (Å²) in [6.45, 7) is 2.26. The minimum absolute atomic E-state index is 0.190. The van der Waals surface area contributed by atoms with E-state index in [0.29, 0.717) is 19.4 Å². The van der Waals surface area contributed by atoms with Crippen LogP contribution in [0.2, 0.25) is 0 Å². The van der Waals surface area contributed by atoms with E-state index in [2.05, 4.69) is 14.7 Å². The Bertz CT molecular complexity index is 345. The normalized spacial score (nSPS) is 11.8. The van der Waals surface area contributed by atoms with Crippen LogP contribution in [-0.2, 0) is 16.4 Å². The van der Waals surface area contributed by atoms with E-state index in [-0.39, 0.29) is 5.75 Å². The summed E-state index contributed by atoms with van der Waals surface area (Å²) in [5.41, 5.74) is 0.934. The van der Waals surface area contributed by atoms with Gasteiger partial charge >= 0.3 is 0 Å². The fraction of sp³-hybridized carbons (Fsp3) is 0.625. The lowest BCUT2D eigenvalue weighted by Crippen LogP contribution is -2.28. The van der Waals surface area contributed by atoms with E-state index in [4.69, 9.17) is 0 Å². The van der Waals surface area contributed by atoms with E-state index >= 15 is 0 Å². The SMILES string of the molecule is CCCS(=O)(=O)NCCc1cnc[nH]1. The lowest BCUT2D eigenvalue weighted by atomic mass is 10.3. The Morgan fingerprint density at radius 3 is 2.93 bits per heavy atom. The predicted molar refractivity (Wildman–Crippen MR) is 54.4 cm³/mol. The zero-order valence-corrected chi connectivity index (χ0v) is 8.97. The second kappa shape index (κ2) is 5.11. The maximum absolute atomic E-state index is 11.2. The molecular weight excluding hydrogens is 202 g/mol. The van der Waals surface area contributed by atoms with Crippen LogP contribution in [0, 0.1) is 0 Å². The fourth-order valence-corrected chi connectivity index (χ4v) is 2.20. The van der Waals surface area contributed by atoms with Crippen LogP contribution in [0.5, 0.6) is 0 Å². The molecule has 1 aromatic heterocycles. The zero-order valence-electron chi connectivity index (χ0n) is 8.16. The Labute approximate surface area is 84.0 Å². The number of aromatic nitrogens is 2. The lowest BCUT2D eigenvalue weighted by Gasteiger charge is -2.03. The van der Waals surface area contributed by atoms with Crippen molar-refractivity contribution in [1.29, 1.82) is 0 Å². The number of hydrogen-bond acceptors (Lipinski definition) is 3. The molecule has 0 saturated carbocycles. The van der Waals surface area contributed by atoms with Crippen LogP contribution in [0.15, 0.2) is 12.5 Å². The number of aromatic amines is 1. The van der Waals surface area contributed by atoms with E-state index in [1.807, 2.05) is 6.92 Å². The van der Waals surface area contributed by atoms with Gasteiger partial charge in [-0.2, -0.15) is 0 Å². The van der Waals surface area contributed by atoms with Crippen LogP contribution < -0.4 is 4.72 Å². The topological polar surface area (TPSA) is 74.8 Å². The molecule has 1 aromatic rings. The fourth-order valence-electron chi connectivity index (χ4n) is 1.10. The second-order valence-electron chi connectivity index (χ2n) is 3.04. The van der Waals surface area contributed by atoms with Gasteiger partial charge in [-0.3, -0.25) is 0 Å². The third kappa shape index (κ3) is 3.89. The summed E-state index contributed by atoms with van der Waals surface area (Å²) < 4.78 is 25.0. The number of nitrogens with zero attached hydrogens (tertiary/aromatic N) is 1. The van der Waals surface area contributed by atoms with Gasteiger partial charge in [0.2, 0.25) is 10.0 Å². The Kier molecular flexibility index (Phi) is 4.09. The first kappa shape index (κ1) is 11.2. The standard InChI is InChI=1S/C8H15N3O2S/c1-2-5-14(12,13)11-4-3-8-6-9-7-10-8/h6-7,11H,2-5H2,1H3,(H,9,10). The van der Waals surface area contributed by atoms with Crippen LogP contribution in [0.1, 0.15) is 19.0 Å². The molecule has 6 heteroatoms. The lowest BCUT2D eigenvalue weighted by molar-refractivity contribution is 0.580. The van der Waals surface area contributed by atoms with E-state index in [1.54, 1.807) is 12.5 Å². The molecule has 0 saturated heterocycles. The molecular formula is C8H15N3O2S. The molecule has 0 amide bonds. The number of sulfonamides is 1. The van der Waals surface area contributed by atoms with E-state index < -0.39 is 10.0 Å². The molecule has 0 fully saturated rings. The smallest absolute Gasteiger partial charge is 0.211 e. The van der Waals surface area contributed by atoms with Crippen molar-refractivity contribution >= 4 is 10.0 Å². The number of imidazole rings is 1. The van der Waals surface area contributed by atoms with Crippen LogP contribution in [0.25, 0.3) is 0 Å². The largest absolute Gasteiger partial charge is 0.348 e. The Morgan fingerprint density at radius 1 is 1.57 bits per heavy atom. The van der Waals surface area contributed by atoms with Gasteiger partial charge in [0.25, 0.3) is 0 Å². The first-order chi connectivity index (χ1) is 6.64. The molecule has 2 N–H and O–H groups in total. The highest BCUT2D eigenvalue weighted by Gasteiger charge is 2.07. The molecule has 1 heterocycles. The van der Waals surface area contributed by atoms with E-state index in [1.165, 1.54) is 0 Å². The van der Waals surface area contributed by atoms with Gasteiger partial charge in [-0.05, 0) is 6.42 Å². The summed E-state index contributed by atoms with van der Waals surface area (Å²) >= 11 is 0. The third-order valence-corrected chi connectivity index (χ3v) is 3.33. The van der Waals surface area contributed by atoms with Gasteiger partial charge in [0, 0.05) is 24.9 Å². The molecule has 0 aliphatic rings. The maximum Gasteiger partial charge on any atom is 0.211 e. The molecule has 0 atom stereocenters. The summed E-state index contributed by atoms with van der Waals surface area (Å²) in [4.78, 5) is 6.75. The number of nitrogens with one attached hydrogen (secondary N) is 2. The molecule has 5 nitrogen and oxygen atoms in total. The van der Waals surface area contributed by atoms with E-state index in [9.17, 15) is 8.42 Å². The van der Waals surface area contributed by atoms with Gasteiger partial charge in [-0.15, -0.1) is 0 Å². The molecule has 0 unspecified atom stereocenters. The average Bonchev–Trinajstić information content (AvgIpc) is 2.56. The van der Waals surface area contributed by atoms with Crippen LogP contribution >= 0.6 is 0 Å². The minimum Gasteiger partial charge on any atom is -0.348 e. The number of H-pyrrole nitrogens is 1. The Balaban J connectivity index is 2.28. The summed E-state index contributed by atoms with van der Waals surface area (Å²) in [5, 5.41) is 0. The number of rotatable bonds is 6. The maximum atomic E-state index is 11.2. The monoisotopic (exact) mass is 217 g/mol. The molecule has 0 aromatic carbocycles. The van der Waals surface area contributed by atoms with Crippen molar-refractivity contribution in [1.82, 2.24) is 14.7 Å². The highest BCUT2D eigenvalue weighted by Crippen LogP contribution is 1.93. The van der Waals surface area contributed by atoms with Gasteiger partial charge in [0.05, 0.1) is 12.1 Å². The van der Waals surface area contributed by atoms with Gasteiger partial charge < -0.3 is 4.98 Å². The summed E-state index contributed by atoms with van der Waals surface area (Å²) in [5.74, 6) is 0.190. The predicted octanol–water partition coefficient (Wildman–Crippen LogP) is 0.282. The quantitative estimate of drug-likeness (QED) is 0.718. The highest BCUT2D eigenvalue weighted by molar-refractivity contribution is 7.89. The molecule has 0 bridgehead atoms. The van der Waals surface area contributed by atoms with Crippen molar-refractivity contribution < 1.29 is 8.42 Å². The molecule has 1 rings (SSSR count). The molecule has 14 heavy (non-hydrogen) atoms. The van der Waals surface area contributed by atoms with E-state index in [0.717, 1.165) is 5.69 Å². The first-order valence-electron chi connectivity index (χ1n) is 4.58. The van der Waals surface area contributed by atoms with Crippen molar-refractivity contribution in [3.63, 3.8) is 0 Å². The van der Waals surface area contributed by atoms with Crippen LogP contribution in [0.3, 0.4) is 0 Å².